The first-order valence-electron chi connectivity index (χ1n) is 7.08. The summed E-state index contributed by atoms with van der Waals surface area (Å²) < 4.78 is 0.814. The van der Waals surface area contributed by atoms with E-state index in [-0.39, 0.29) is 23.4 Å². The molecule has 2 unspecified atom stereocenters. The lowest BCUT2D eigenvalue weighted by molar-refractivity contribution is -0.120. The molecule has 0 saturated heterocycles. The van der Waals surface area contributed by atoms with E-state index in [1.165, 1.54) is 0 Å². The molecule has 4 N–H and O–H groups in total. The van der Waals surface area contributed by atoms with E-state index < -0.39 is 5.97 Å². The first-order valence-corrected chi connectivity index (χ1v) is 8.16. The third-order valence-electron chi connectivity index (χ3n) is 3.88. The molecule has 5 nitrogen and oxygen atoms in total. The summed E-state index contributed by atoms with van der Waals surface area (Å²) in [6.07, 6.45) is 4.75. The number of carboxylic acid groups (broad SMARTS) is 1. The summed E-state index contributed by atoms with van der Waals surface area (Å²) in [5.41, 5.74) is 6.52. The normalized spacial score (nSPS) is 22.4. The Morgan fingerprint density at radius 1 is 1.24 bits per heavy atom. The Morgan fingerprint density at radius 2 is 1.95 bits per heavy atom. The highest BCUT2D eigenvalue weighted by atomic mass is 127. The fourth-order valence-corrected chi connectivity index (χ4v) is 3.18. The van der Waals surface area contributed by atoms with Crippen LogP contribution >= 0.6 is 22.6 Å². The van der Waals surface area contributed by atoms with Crippen molar-refractivity contribution in [2.45, 2.75) is 38.1 Å². The number of anilines is 1. The van der Waals surface area contributed by atoms with Crippen molar-refractivity contribution < 1.29 is 14.7 Å². The summed E-state index contributed by atoms with van der Waals surface area (Å²) in [4.78, 5) is 23.7. The van der Waals surface area contributed by atoms with Gasteiger partial charge in [-0.1, -0.05) is 19.3 Å². The maximum Gasteiger partial charge on any atom is 0.337 e. The number of carboxylic acids is 1. The summed E-state index contributed by atoms with van der Waals surface area (Å²) in [6.45, 7) is 0. The molecule has 1 aromatic rings. The largest absolute Gasteiger partial charge is 0.478 e. The maximum atomic E-state index is 12.4. The van der Waals surface area contributed by atoms with Crippen LogP contribution in [0, 0.1) is 9.49 Å². The number of halogens is 1. The Balaban J connectivity index is 2.17. The molecule has 1 saturated carbocycles. The van der Waals surface area contributed by atoms with Crippen LogP contribution in [0.4, 0.5) is 5.69 Å². The molecular formula is C15H19IN2O3. The second-order valence-corrected chi connectivity index (χ2v) is 6.64. The second kappa shape index (κ2) is 7.22. The molecule has 0 heterocycles. The van der Waals surface area contributed by atoms with E-state index in [4.69, 9.17) is 5.73 Å². The minimum atomic E-state index is -1.05. The summed E-state index contributed by atoms with van der Waals surface area (Å²) >= 11 is 2.04. The number of nitrogens with one attached hydrogen (secondary N) is 1. The number of nitrogens with two attached hydrogens (primary N) is 1. The summed E-state index contributed by atoms with van der Waals surface area (Å²) in [6, 6.07) is 4.80. The zero-order valence-electron chi connectivity index (χ0n) is 11.6. The molecule has 0 aromatic heterocycles. The van der Waals surface area contributed by atoms with Gasteiger partial charge in [0.15, 0.2) is 0 Å². The van der Waals surface area contributed by atoms with Crippen LogP contribution in [0.1, 0.15) is 42.5 Å². The molecule has 114 valence electrons. The van der Waals surface area contributed by atoms with E-state index in [2.05, 4.69) is 5.32 Å². The molecule has 0 aliphatic heterocycles. The van der Waals surface area contributed by atoms with Crippen LogP contribution in [0.2, 0.25) is 0 Å². The number of hydrogen-bond donors (Lipinski definition) is 3. The highest BCUT2D eigenvalue weighted by Crippen LogP contribution is 2.25. The average molecular weight is 402 g/mol. The monoisotopic (exact) mass is 402 g/mol. The van der Waals surface area contributed by atoms with Gasteiger partial charge in [-0.25, -0.2) is 4.79 Å². The van der Waals surface area contributed by atoms with E-state index in [9.17, 15) is 14.7 Å². The Hall–Kier alpha value is -1.15. The topological polar surface area (TPSA) is 92.4 Å². The van der Waals surface area contributed by atoms with Crippen LogP contribution in [0.25, 0.3) is 0 Å². The zero-order chi connectivity index (χ0) is 15.4. The number of carbonyl (C=O) groups is 2. The zero-order valence-corrected chi connectivity index (χ0v) is 13.8. The number of benzene rings is 1. The van der Waals surface area contributed by atoms with Crippen molar-refractivity contribution in [3.05, 3.63) is 27.3 Å². The fraction of sp³-hybridized carbons (Fsp3) is 0.467. The molecule has 0 radical (unpaired) electrons. The predicted octanol–water partition coefficient (Wildman–Crippen LogP) is 2.84. The summed E-state index contributed by atoms with van der Waals surface area (Å²) in [5, 5.41) is 12.0. The molecule has 2 atom stereocenters. The highest BCUT2D eigenvalue weighted by molar-refractivity contribution is 14.1. The van der Waals surface area contributed by atoms with Gasteiger partial charge in [-0.15, -0.1) is 0 Å². The quantitative estimate of drug-likeness (QED) is 0.536. The Morgan fingerprint density at radius 3 is 2.67 bits per heavy atom. The van der Waals surface area contributed by atoms with Crippen LogP contribution in [-0.4, -0.2) is 23.0 Å². The van der Waals surface area contributed by atoms with Gasteiger partial charge in [0.1, 0.15) is 0 Å². The van der Waals surface area contributed by atoms with Crippen molar-refractivity contribution in [2.75, 3.05) is 5.32 Å². The van der Waals surface area contributed by atoms with E-state index in [0.29, 0.717) is 5.69 Å². The first-order chi connectivity index (χ1) is 9.99. The minimum Gasteiger partial charge on any atom is -0.478 e. The number of amides is 1. The lowest BCUT2D eigenvalue weighted by atomic mass is 9.94. The molecule has 1 amide bonds. The molecule has 2 rings (SSSR count). The van der Waals surface area contributed by atoms with Crippen molar-refractivity contribution in [2.24, 2.45) is 11.7 Å². The molecule has 1 fully saturated rings. The summed E-state index contributed by atoms with van der Waals surface area (Å²) in [7, 11) is 0. The number of rotatable bonds is 3. The van der Waals surface area contributed by atoms with Crippen molar-refractivity contribution in [1.29, 1.82) is 0 Å². The SMILES string of the molecule is NC1CCCCCC1C(=O)Nc1ccc(I)cc1C(=O)O. The Kier molecular flexibility index (Phi) is 5.58. The molecule has 0 spiro atoms. The number of hydrogen-bond acceptors (Lipinski definition) is 3. The van der Waals surface area contributed by atoms with Gasteiger partial charge < -0.3 is 16.2 Å². The van der Waals surface area contributed by atoms with Crippen LogP contribution in [-0.2, 0) is 4.79 Å². The van der Waals surface area contributed by atoms with Crippen LogP contribution < -0.4 is 11.1 Å². The van der Waals surface area contributed by atoms with Gasteiger partial charge in [0, 0.05) is 9.61 Å². The molecule has 0 bridgehead atoms. The maximum absolute atomic E-state index is 12.4. The van der Waals surface area contributed by atoms with E-state index in [0.717, 1.165) is 35.7 Å². The predicted molar refractivity (Wildman–Crippen MR) is 89.3 cm³/mol. The van der Waals surface area contributed by atoms with Gasteiger partial charge in [-0.3, -0.25) is 4.79 Å². The Bertz CT molecular complexity index is 548. The van der Waals surface area contributed by atoms with Gasteiger partial charge in [0.2, 0.25) is 5.91 Å². The molecular weight excluding hydrogens is 383 g/mol. The van der Waals surface area contributed by atoms with Crippen LogP contribution in [0.3, 0.4) is 0 Å². The molecule has 6 heteroatoms. The molecule has 1 aliphatic carbocycles. The fourth-order valence-electron chi connectivity index (χ4n) is 2.69. The lowest BCUT2D eigenvalue weighted by Gasteiger charge is -2.21. The third kappa shape index (κ3) is 4.16. The van der Waals surface area contributed by atoms with E-state index in [1.807, 2.05) is 22.6 Å². The van der Waals surface area contributed by atoms with Crippen molar-refractivity contribution in [3.8, 4) is 0 Å². The van der Waals surface area contributed by atoms with Crippen molar-refractivity contribution in [3.63, 3.8) is 0 Å². The van der Waals surface area contributed by atoms with E-state index in [1.54, 1.807) is 18.2 Å². The third-order valence-corrected chi connectivity index (χ3v) is 4.55. The number of aromatic carboxylic acids is 1. The summed E-state index contributed by atoms with van der Waals surface area (Å²) in [5.74, 6) is -1.46. The average Bonchev–Trinajstić information content (AvgIpc) is 2.65. The van der Waals surface area contributed by atoms with E-state index >= 15 is 0 Å². The van der Waals surface area contributed by atoms with Crippen LogP contribution in [0.5, 0.6) is 0 Å². The molecule has 1 aromatic carbocycles. The minimum absolute atomic E-state index is 0.109. The lowest BCUT2D eigenvalue weighted by Crippen LogP contribution is -2.38. The first kappa shape index (κ1) is 16.2. The highest BCUT2D eigenvalue weighted by Gasteiger charge is 2.27. The standard InChI is InChI=1S/C15H19IN2O3/c16-9-6-7-13(11(8-9)15(20)21)18-14(19)10-4-2-1-3-5-12(10)17/h6-8,10,12H,1-5,17H2,(H,18,19)(H,20,21). The van der Waals surface area contributed by atoms with Gasteiger partial charge in [0.05, 0.1) is 17.2 Å². The van der Waals surface area contributed by atoms with Gasteiger partial charge >= 0.3 is 5.97 Å². The van der Waals surface area contributed by atoms with Gasteiger partial charge in [-0.2, -0.15) is 0 Å². The Labute approximate surface area is 137 Å². The van der Waals surface area contributed by atoms with Crippen molar-refractivity contribution >= 4 is 40.2 Å². The number of carbonyl (C=O) groups excluding carboxylic acids is 1. The smallest absolute Gasteiger partial charge is 0.337 e. The second-order valence-electron chi connectivity index (χ2n) is 5.39. The van der Waals surface area contributed by atoms with Gasteiger partial charge in [-0.05, 0) is 53.6 Å². The molecule has 21 heavy (non-hydrogen) atoms. The van der Waals surface area contributed by atoms with Crippen LogP contribution in [0.15, 0.2) is 18.2 Å². The van der Waals surface area contributed by atoms with Gasteiger partial charge in [0.25, 0.3) is 0 Å². The molecule has 1 aliphatic rings. The van der Waals surface area contributed by atoms with Crippen molar-refractivity contribution in [1.82, 2.24) is 0 Å².